The molecular weight excluding hydrogens is 242 g/mol. The van der Waals surface area contributed by atoms with E-state index in [1.165, 1.54) is 11.9 Å². The molecule has 0 spiro atoms. The van der Waals surface area contributed by atoms with Gasteiger partial charge in [-0.25, -0.2) is 9.37 Å². The smallest absolute Gasteiger partial charge is 0.256 e. The molecule has 0 bridgehead atoms. The van der Waals surface area contributed by atoms with Gasteiger partial charge < -0.3 is 9.64 Å². The summed E-state index contributed by atoms with van der Waals surface area (Å²) in [5, 5.41) is 0. The predicted octanol–water partition coefficient (Wildman–Crippen LogP) is 1.86. The summed E-state index contributed by atoms with van der Waals surface area (Å²) in [4.78, 5) is 16.2. The Labute approximate surface area is 105 Å². The Hall–Kier alpha value is -1.56. The lowest BCUT2D eigenvalue weighted by atomic mass is 10.2. The number of hydrogen-bond acceptors (Lipinski definition) is 3. The van der Waals surface area contributed by atoms with Crippen molar-refractivity contribution in [2.75, 3.05) is 20.2 Å². The maximum atomic E-state index is 13.3. The van der Waals surface area contributed by atoms with Crippen molar-refractivity contribution in [2.24, 2.45) is 0 Å². The van der Waals surface area contributed by atoms with Gasteiger partial charge in [0.2, 0.25) is 5.95 Å². The highest BCUT2D eigenvalue weighted by molar-refractivity contribution is 5.94. The van der Waals surface area contributed by atoms with Gasteiger partial charge in [-0.15, -0.1) is 0 Å². The number of ether oxygens (including phenoxy) is 1. The quantitative estimate of drug-likeness (QED) is 0.757. The Morgan fingerprint density at radius 2 is 2.17 bits per heavy atom. The molecule has 1 heterocycles. The number of likely N-dealkylation sites (N-methyl/N-ethyl adjacent to an activating group) is 1. The minimum atomic E-state index is -1.27. The van der Waals surface area contributed by atoms with Crippen LogP contribution in [0, 0.1) is 11.8 Å². The van der Waals surface area contributed by atoms with E-state index in [0.29, 0.717) is 13.2 Å². The van der Waals surface area contributed by atoms with Crippen LogP contribution in [-0.2, 0) is 4.74 Å². The minimum Gasteiger partial charge on any atom is -0.377 e. The zero-order valence-corrected chi connectivity index (χ0v) is 10.6. The molecule has 1 aromatic heterocycles. The first-order valence-corrected chi connectivity index (χ1v) is 5.60. The Morgan fingerprint density at radius 3 is 2.78 bits per heavy atom. The molecule has 0 unspecified atom stereocenters. The number of amides is 1. The molecule has 18 heavy (non-hydrogen) atoms. The topological polar surface area (TPSA) is 42.4 Å². The Morgan fingerprint density at radius 1 is 1.50 bits per heavy atom. The Balaban J connectivity index is 2.66. The van der Waals surface area contributed by atoms with Gasteiger partial charge in [0.15, 0.2) is 5.82 Å². The van der Waals surface area contributed by atoms with Gasteiger partial charge in [0, 0.05) is 19.8 Å². The van der Waals surface area contributed by atoms with Crippen LogP contribution >= 0.6 is 0 Å². The van der Waals surface area contributed by atoms with Crippen molar-refractivity contribution >= 4 is 5.91 Å². The zero-order valence-electron chi connectivity index (χ0n) is 10.6. The van der Waals surface area contributed by atoms with Crippen LogP contribution in [0.3, 0.4) is 0 Å². The first-order valence-electron chi connectivity index (χ1n) is 5.60. The van der Waals surface area contributed by atoms with Crippen molar-refractivity contribution < 1.29 is 18.3 Å². The number of pyridine rings is 1. The average Bonchev–Trinajstić information content (AvgIpc) is 2.31. The molecule has 0 N–H and O–H groups in total. The van der Waals surface area contributed by atoms with Crippen molar-refractivity contribution in [2.45, 2.75) is 20.0 Å². The van der Waals surface area contributed by atoms with Gasteiger partial charge in [-0.3, -0.25) is 4.79 Å². The Kier molecular flexibility index (Phi) is 5.15. The lowest BCUT2D eigenvalue weighted by Crippen LogP contribution is -2.31. The summed E-state index contributed by atoms with van der Waals surface area (Å²) in [6.45, 7) is 4.40. The van der Waals surface area contributed by atoms with Crippen LogP contribution < -0.4 is 0 Å². The maximum Gasteiger partial charge on any atom is 0.256 e. The summed E-state index contributed by atoms with van der Waals surface area (Å²) in [6.07, 6.45) is 1.12. The molecule has 1 rings (SSSR count). The number of aromatic nitrogens is 1. The van der Waals surface area contributed by atoms with Crippen LogP contribution in [-0.4, -0.2) is 42.1 Å². The largest absolute Gasteiger partial charge is 0.377 e. The third-order valence-corrected chi connectivity index (χ3v) is 2.30. The molecule has 0 aliphatic carbocycles. The standard InChI is InChI=1S/C12H16F2N2O2/c1-8(2)18-7-6-16(3)12(17)9-4-5-15-11(14)10(9)13/h4-5,8H,6-7H2,1-3H3. The van der Waals surface area contributed by atoms with Crippen LogP contribution in [0.4, 0.5) is 8.78 Å². The van der Waals surface area contributed by atoms with Crippen LogP contribution in [0.1, 0.15) is 24.2 Å². The fraction of sp³-hybridized carbons (Fsp3) is 0.500. The summed E-state index contributed by atoms with van der Waals surface area (Å²) in [5.41, 5.74) is -0.324. The van der Waals surface area contributed by atoms with Crippen molar-refractivity contribution in [3.8, 4) is 0 Å². The normalized spacial score (nSPS) is 10.8. The summed E-state index contributed by atoms with van der Waals surface area (Å²) in [6, 6.07) is 1.15. The summed E-state index contributed by atoms with van der Waals surface area (Å²) >= 11 is 0. The monoisotopic (exact) mass is 258 g/mol. The fourth-order valence-corrected chi connectivity index (χ4v) is 1.32. The van der Waals surface area contributed by atoms with Gasteiger partial charge >= 0.3 is 0 Å². The van der Waals surface area contributed by atoms with Gasteiger partial charge in [0.1, 0.15) is 0 Å². The number of hydrogen-bond donors (Lipinski definition) is 0. The van der Waals surface area contributed by atoms with Crippen LogP contribution in [0.15, 0.2) is 12.3 Å². The van der Waals surface area contributed by atoms with Gasteiger partial charge in [0.05, 0.1) is 18.3 Å². The van der Waals surface area contributed by atoms with Gasteiger partial charge in [-0.1, -0.05) is 0 Å². The molecule has 1 amide bonds. The van der Waals surface area contributed by atoms with Crippen molar-refractivity contribution in [3.63, 3.8) is 0 Å². The molecule has 4 nitrogen and oxygen atoms in total. The number of nitrogens with zero attached hydrogens (tertiary/aromatic N) is 2. The van der Waals surface area contributed by atoms with Crippen LogP contribution in [0.25, 0.3) is 0 Å². The molecule has 0 radical (unpaired) electrons. The molecule has 1 aromatic rings. The summed E-state index contributed by atoms with van der Waals surface area (Å²) < 4.78 is 31.5. The third-order valence-electron chi connectivity index (χ3n) is 2.30. The second-order valence-electron chi connectivity index (χ2n) is 4.11. The van der Waals surface area contributed by atoms with Gasteiger partial charge in [-0.2, -0.15) is 4.39 Å². The lowest BCUT2D eigenvalue weighted by molar-refractivity contribution is 0.0529. The van der Waals surface area contributed by atoms with Crippen molar-refractivity contribution in [1.29, 1.82) is 0 Å². The van der Waals surface area contributed by atoms with E-state index >= 15 is 0 Å². The Bertz CT molecular complexity index is 425. The molecule has 0 aromatic carbocycles. The average molecular weight is 258 g/mol. The zero-order chi connectivity index (χ0) is 13.7. The molecule has 0 saturated carbocycles. The number of carbonyl (C=O) groups is 1. The molecule has 0 aliphatic heterocycles. The number of carbonyl (C=O) groups excluding carboxylic acids is 1. The number of halogens is 2. The maximum absolute atomic E-state index is 13.3. The predicted molar refractivity (Wildman–Crippen MR) is 62.2 cm³/mol. The van der Waals surface area contributed by atoms with Gasteiger partial charge in [0.25, 0.3) is 5.91 Å². The van der Waals surface area contributed by atoms with E-state index in [-0.39, 0.29) is 11.7 Å². The summed E-state index contributed by atoms with van der Waals surface area (Å²) in [7, 11) is 1.50. The molecule has 0 fully saturated rings. The van der Waals surface area contributed by atoms with Crippen molar-refractivity contribution in [1.82, 2.24) is 9.88 Å². The highest BCUT2D eigenvalue weighted by Crippen LogP contribution is 2.11. The fourth-order valence-electron chi connectivity index (χ4n) is 1.32. The third kappa shape index (κ3) is 3.73. The van der Waals surface area contributed by atoms with E-state index in [1.54, 1.807) is 0 Å². The molecule has 6 heteroatoms. The van der Waals surface area contributed by atoms with E-state index in [9.17, 15) is 13.6 Å². The molecular formula is C12H16F2N2O2. The first-order chi connectivity index (χ1) is 8.43. The van der Waals surface area contributed by atoms with E-state index in [4.69, 9.17) is 4.74 Å². The van der Waals surface area contributed by atoms with Crippen molar-refractivity contribution in [3.05, 3.63) is 29.6 Å². The van der Waals surface area contributed by atoms with E-state index in [0.717, 1.165) is 12.3 Å². The second kappa shape index (κ2) is 6.39. The molecule has 0 saturated heterocycles. The second-order valence-corrected chi connectivity index (χ2v) is 4.11. The van der Waals surface area contributed by atoms with Gasteiger partial charge in [-0.05, 0) is 19.9 Å². The highest BCUT2D eigenvalue weighted by atomic mass is 19.2. The minimum absolute atomic E-state index is 0.0589. The van der Waals surface area contributed by atoms with Crippen LogP contribution in [0.5, 0.6) is 0 Å². The molecule has 100 valence electrons. The van der Waals surface area contributed by atoms with Crippen LogP contribution in [0.2, 0.25) is 0 Å². The molecule has 0 aliphatic rings. The van der Waals surface area contributed by atoms with E-state index in [1.807, 2.05) is 13.8 Å². The molecule has 0 atom stereocenters. The SMILES string of the molecule is CC(C)OCCN(C)C(=O)c1ccnc(F)c1F. The summed E-state index contributed by atoms with van der Waals surface area (Å²) in [5.74, 6) is -3.09. The van der Waals surface area contributed by atoms with E-state index < -0.39 is 17.7 Å². The highest BCUT2D eigenvalue weighted by Gasteiger charge is 2.19. The first kappa shape index (κ1) is 14.5. The number of rotatable bonds is 5. The lowest BCUT2D eigenvalue weighted by Gasteiger charge is -2.18. The van der Waals surface area contributed by atoms with E-state index in [2.05, 4.69) is 4.98 Å².